The number of nitrogens with one attached hydrogen (secondary N) is 1. The van der Waals surface area contributed by atoms with Crippen molar-refractivity contribution in [1.29, 1.82) is 0 Å². The van der Waals surface area contributed by atoms with Crippen LogP contribution in [0.4, 0.5) is 0 Å². The quantitative estimate of drug-likeness (QED) is 0.879. The molecule has 0 unspecified atom stereocenters. The second kappa shape index (κ2) is 5.79. The monoisotopic (exact) mass is 311 g/mol. The third kappa shape index (κ3) is 3.21. The van der Waals surface area contributed by atoms with Crippen molar-refractivity contribution in [1.82, 2.24) is 15.3 Å². The molecule has 0 bridgehead atoms. The first kappa shape index (κ1) is 15.1. The highest BCUT2D eigenvalue weighted by atomic mass is 16.4. The van der Waals surface area contributed by atoms with Crippen molar-refractivity contribution in [3.05, 3.63) is 59.2 Å². The van der Waals surface area contributed by atoms with Gasteiger partial charge in [-0.1, -0.05) is 6.07 Å². The summed E-state index contributed by atoms with van der Waals surface area (Å²) in [7, 11) is 0. The van der Waals surface area contributed by atoms with Crippen molar-refractivity contribution in [3.8, 4) is 0 Å². The van der Waals surface area contributed by atoms with Crippen LogP contribution in [0.1, 0.15) is 40.2 Å². The smallest absolute Gasteiger partial charge is 0.335 e. The first-order valence-electron chi connectivity index (χ1n) is 7.41. The number of aromatic carboxylic acids is 1. The summed E-state index contributed by atoms with van der Waals surface area (Å²) < 4.78 is 0. The van der Waals surface area contributed by atoms with E-state index in [1.165, 1.54) is 6.07 Å². The van der Waals surface area contributed by atoms with Crippen LogP contribution in [0.2, 0.25) is 0 Å². The summed E-state index contributed by atoms with van der Waals surface area (Å²) in [4.78, 5) is 31.7. The zero-order valence-electron chi connectivity index (χ0n) is 12.7. The third-order valence-electron chi connectivity index (χ3n) is 4.06. The molecule has 1 heterocycles. The lowest BCUT2D eigenvalue weighted by atomic mass is 10.0. The topological polar surface area (TPSA) is 92.2 Å². The number of carboxylic acid groups (broad SMARTS) is 1. The molecule has 1 aliphatic carbocycles. The fourth-order valence-corrected chi connectivity index (χ4v) is 2.59. The Morgan fingerprint density at radius 3 is 2.52 bits per heavy atom. The summed E-state index contributed by atoms with van der Waals surface area (Å²) in [5.74, 6) is -0.435. The van der Waals surface area contributed by atoms with Gasteiger partial charge in [0.05, 0.1) is 17.5 Å². The van der Waals surface area contributed by atoms with Gasteiger partial charge >= 0.3 is 5.97 Å². The molecule has 0 radical (unpaired) electrons. The summed E-state index contributed by atoms with van der Waals surface area (Å²) >= 11 is 0. The summed E-state index contributed by atoms with van der Waals surface area (Å²) in [5.41, 5.74) is 1.40. The van der Waals surface area contributed by atoms with E-state index in [0.717, 1.165) is 24.0 Å². The van der Waals surface area contributed by atoms with Gasteiger partial charge in [0.1, 0.15) is 0 Å². The Morgan fingerprint density at radius 2 is 1.96 bits per heavy atom. The molecule has 0 spiro atoms. The third-order valence-corrected chi connectivity index (χ3v) is 4.06. The predicted octanol–water partition coefficient (Wildman–Crippen LogP) is 1.83. The van der Waals surface area contributed by atoms with Gasteiger partial charge in [0, 0.05) is 12.4 Å². The fourth-order valence-electron chi connectivity index (χ4n) is 2.59. The molecular formula is C17H17N3O3. The maximum absolute atomic E-state index is 12.3. The molecule has 1 aromatic carbocycles. The lowest BCUT2D eigenvalue weighted by Gasteiger charge is -2.16. The van der Waals surface area contributed by atoms with Crippen molar-refractivity contribution in [2.45, 2.75) is 31.7 Å². The zero-order chi connectivity index (χ0) is 16.4. The molecular weight excluding hydrogens is 294 g/mol. The molecule has 2 N–H and O–H groups in total. The lowest BCUT2D eigenvalue weighted by Crippen LogP contribution is -2.37. The van der Waals surface area contributed by atoms with Crippen LogP contribution in [0.5, 0.6) is 0 Å². The van der Waals surface area contributed by atoms with Gasteiger partial charge in [0.15, 0.2) is 5.82 Å². The van der Waals surface area contributed by atoms with Crippen molar-refractivity contribution >= 4 is 11.9 Å². The highest BCUT2D eigenvalue weighted by Crippen LogP contribution is 2.43. The van der Waals surface area contributed by atoms with Gasteiger partial charge in [-0.3, -0.25) is 4.79 Å². The van der Waals surface area contributed by atoms with E-state index in [0.29, 0.717) is 5.82 Å². The minimum absolute atomic E-state index is 0.110. The standard InChI is InChI=1S/C17H17N3O3/c1-11-9-13(15(22)23)4-3-12(11)10-14(21)20-17(5-6-17)16-18-7-2-8-19-16/h2-4,7-9H,5-6,10H2,1H3,(H,20,21)(H,22,23). The fraction of sp³-hybridized carbons (Fsp3) is 0.294. The van der Waals surface area contributed by atoms with E-state index in [-0.39, 0.29) is 17.9 Å². The molecule has 1 aromatic heterocycles. The van der Waals surface area contributed by atoms with Crippen LogP contribution in [0.3, 0.4) is 0 Å². The van der Waals surface area contributed by atoms with Crippen LogP contribution in [0, 0.1) is 6.92 Å². The summed E-state index contributed by atoms with van der Waals surface area (Å²) in [5, 5.41) is 12.0. The molecule has 0 aliphatic heterocycles. The van der Waals surface area contributed by atoms with Gasteiger partial charge in [-0.15, -0.1) is 0 Å². The van der Waals surface area contributed by atoms with Gasteiger partial charge in [0.25, 0.3) is 0 Å². The first-order chi connectivity index (χ1) is 11.0. The van der Waals surface area contributed by atoms with Gasteiger partial charge in [-0.05, 0) is 49.1 Å². The van der Waals surface area contributed by atoms with Crippen LogP contribution in [-0.2, 0) is 16.8 Å². The van der Waals surface area contributed by atoms with E-state index in [1.54, 1.807) is 30.6 Å². The van der Waals surface area contributed by atoms with Gasteiger partial charge in [0.2, 0.25) is 5.91 Å². The summed E-state index contributed by atoms with van der Waals surface area (Å²) in [6, 6.07) is 6.54. The van der Waals surface area contributed by atoms with Crippen molar-refractivity contribution < 1.29 is 14.7 Å². The Balaban J connectivity index is 1.70. The van der Waals surface area contributed by atoms with E-state index < -0.39 is 11.5 Å². The molecule has 6 nitrogen and oxygen atoms in total. The Morgan fingerprint density at radius 1 is 1.26 bits per heavy atom. The number of aryl methyl sites for hydroxylation is 1. The largest absolute Gasteiger partial charge is 0.478 e. The number of rotatable bonds is 5. The number of amides is 1. The number of aromatic nitrogens is 2. The number of hydrogen-bond acceptors (Lipinski definition) is 4. The average molecular weight is 311 g/mol. The highest BCUT2D eigenvalue weighted by molar-refractivity contribution is 5.88. The molecule has 6 heteroatoms. The van der Waals surface area contributed by atoms with E-state index >= 15 is 0 Å². The van der Waals surface area contributed by atoms with Gasteiger partial charge in [-0.25, -0.2) is 14.8 Å². The Hall–Kier alpha value is -2.76. The Labute approximate surface area is 133 Å². The molecule has 1 fully saturated rings. The number of nitrogens with zero attached hydrogens (tertiary/aromatic N) is 2. The number of carboxylic acids is 1. The van der Waals surface area contributed by atoms with E-state index in [1.807, 2.05) is 6.92 Å². The van der Waals surface area contributed by atoms with Crippen LogP contribution < -0.4 is 5.32 Å². The Kier molecular flexibility index (Phi) is 3.82. The second-order valence-electron chi connectivity index (χ2n) is 5.83. The van der Waals surface area contributed by atoms with Crippen LogP contribution in [0.15, 0.2) is 36.7 Å². The number of carbonyl (C=O) groups excluding carboxylic acids is 1. The maximum Gasteiger partial charge on any atom is 0.335 e. The van der Waals surface area contributed by atoms with E-state index in [2.05, 4.69) is 15.3 Å². The van der Waals surface area contributed by atoms with Crippen molar-refractivity contribution in [2.24, 2.45) is 0 Å². The molecule has 3 rings (SSSR count). The molecule has 1 saturated carbocycles. The molecule has 2 aromatic rings. The average Bonchev–Trinajstić information content (AvgIpc) is 3.30. The highest BCUT2D eigenvalue weighted by Gasteiger charge is 2.48. The van der Waals surface area contributed by atoms with Gasteiger partial charge < -0.3 is 10.4 Å². The normalized spacial score (nSPS) is 15.0. The lowest BCUT2D eigenvalue weighted by molar-refractivity contribution is -0.121. The molecule has 23 heavy (non-hydrogen) atoms. The van der Waals surface area contributed by atoms with Crippen LogP contribution >= 0.6 is 0 Å². The summed E-state index contributed by atoms with van der Waals surface area (Å²) in [6.45, 7) is 1.81. The molecule has 1 amide bonds. The van der Waals surface area contributed by atoms with Gasteiger partial charge in [-0.2, -0.15) is 0 Å². The number of benzene rings is 1. The SMILES string of the molecule is Cc1cc(C(=O)O)ccc1CC(=O)NC1(c2ncccn2)CC1. The Bertz CT molecular complexity index is 755. The molecule has 0 saturated heterocycles. The van der Waals surface area contributed by atoms with Crippen molar-refractivity contribution in [3.63, 3.8) is 0 Å². The predicted molar refractivity (Wildman–Crippen MR) is 82.9 cm³/mol. The molecule has 1 aliphatic rings. The summed E-state index contributed by atoms with van der Waals surface area (Å²) in [6.07, 6.45) is 5.21. The first-order valence-corrected chi connectivity index (χ1v) is 7.41. The van der Waals surface area contributed by atoms with Crippen molar-refractivity contribution in [2.75, 3.05) is 0 Å². The molecule has 118 valence electrons. The molecule has 0 atom stereocenters. The van der Waals surface area contributed by atoms with Crippen LogP contribution in [-0.4, -0.2) is 27.0 Å². The zero-order valence-corrected chi connectivity index (χ0v) is 12.7. The maximum atomic E-state index is 12.3. The second-order valence-corrected chi connectivity index (χ2v) is 5.83. The number of hydrogen-bond donors (Lipinski definition) is 2. The minimum Gasteiger partial charge on any atom is -0.478 e. The van der Waals surface area contributed by atoms with E-state index in [9.17, 15) is 9.59 Å². The van der Waals surface area contributed by atoms with E-state index in [4.69, 9.17) is 5.11 Å². The number of carbonyl (C=O) groups is 2. The minimum atomic E-state index is -0.970. The van der Waals surface area contributed by atoms with Crippen LogP contribution in [0.25, 0.3) is 0 Å².